The van der Waals surface area contributed by atoms with Gasteiger partial charge in [-0.25, -0.2) is 0 Å². The molecule has 1 atom stereocenters. The van der Waals surface area contributed by atoms with Crippen LogP contribution in [0.25, 0.3) is 0 Å². The fraction of sp³-hybridized carbons (Fsp3) is 0.529. The maximum absolute atomic E-state index is 12.2. The van der Waals surface area contributed by atoms with E-state index < -0.39 is 0 Å². The summed E-state index contributed by atoms with van der Waals surface area (Å²) in [5, 5.41) is 2.68. The van der Waals surface area contributed by atoms with Crippen LogP contribution in [0.2, 0.25) is 0 Å². The van der Waals surface area contributed by atoms with Gasteiger partial charge in [-0.3, -0.25) is 9.59 Å². The van der Waals surface area contributed by atoms with Crippen molar-refractivity contribution < 1.29 is 9.59 Å². The van der Waals surface area contributed by atoms with E-state index in [9.17, 15) is 9.59 Å². The highest BCUT2D eigenvalue weighted by Gasteiger charge is 2.21. The molecule has 0 aliphatic carbocycles. The van der Waals surface area contributed by atoms with Gasteiger partial charge in [-0.15, -0.1) is 0 Å². The molecule has 3 N–H and O–H groups in total. The van der Waals surface area contributed by atoms with Gasteiger partial charge in [0.05, 0.1) is 6.54 Å². The van der Waals surface area contributed by atoms with Crippen molar-refractivity contribution >= 4 is 17.5 Å². The number of nitrogens with two attached hydrogens (primary N) is 1. The summed E-state index contributed by atoms with van der Waals surface area (Å²) in [6, 6.07) is 10.2. The molecule has 1 unspecified atom stereocenters. The van der Waals surface area contributed by atoms with E-state index in [0.717, 1.165) is 13.1 Å². The maximum atomic E-state index is 12.2. The second-order valence-electron chi connectivity index (χ2n) is 6.00. The summed E-state index contributed by atoms with van der Waals surface area (Å²) in [5.41, 5.74) is 6.80. The number of rotatable bonds is 6. The number of carbonyl (C=O) groups is 2. The van der Waals surface area contributed by atoms with Crippen molar-refractivity contribution in [3.05, 3.63) is 30.3 Å². The van der Waals surface area contributed by atoms with E-state index in [0.29, 0.717) is 25.9 Å². The van der Waals surface area contributed by atoms with Crippen LogP contribution in [-0.2, 0) is 9.59 Å². The lowest BCUT2D eigenvalue weighted by Gasteiger charge is -2.36. The standard InChI is InChI=1S/C17H26N4O2/c1-14(18)7-8-16(22)19-13-17(23)21-11-9-20(10-12-21)15-5-3-2-4-6-15/h2-6,14H,7-13,18H2,1H3,(H,19,22). The molecule has 1 saturated heterocycles. The Morgan fingerprint density at radius 2 is 1.83 bits per heavy atom. The van der Waals surface area contributed by atoms with Crippen molar-refractivity contribution in [3.8, 4) is 0 Å². The van der Waals surface area contributed by atoms with Gasteiger partial charge < -0.3 is 20.9 Å². The van der Waals surface area contributed by atoms with Crippen LogP contribution < -0.4 is 16.0 Å². The highest BCUT2D eigenvalue weighted by Crippen LogP contribution is 2.15. The minimum absolute atomic E-state index is 0.00233. The Morgan fingerprint density at radius 1 is 1.17 bits per heavy atom. The third-order valence-corrected chi connectivity index (χ3v) is 4.02. The molecule has 126 valence electrons. The van der Waals surface area contributed by atoms with Crippen LogP contribution >= 0.6 is 0 Å². The molecule has 1 aliphatic heterocycles. The van der Waals surface area contributed by atoms with Crippen molar-refractivity contribution in [2.24, 2.45) is 5.73 Å². The number of piperazine rings is 1. The lowest BCUT2D eigenvalue weighted by Crippen LogP contribution is -2.51. The number of para-hydroxylation sites is 1. The van der Waals surface area contributed by atoms with Crippen molar-refractivity contribution in [1.82, 2.24) is 10.2 Å². The third-order valence-electron chi connectivity index (χ3n) is 4.02. The first-order valence-corrected chi connectivity index (χ1v) is 8.16. The zero-order valence-corrected chi connectivity index (χ0v) is 13.7. The molecule has 0 saturated carbocycles. The molecule has 6 heteroatoms. The van der Waals surface area contributed by atoms with E-state index in [1.54, 1.807) is 0 Å². The molecule has 2 amide bonds. The van der Waals surface area contributed by atoms with Crippen LogP contribution in [0.1, 0.15) is 19.8 Å². The van der Waals surface area contributed by atoms with E-state index in [2.05, 4.69) is 22.3 Å². The first-order valence-electron chi connectivity index (χ1n) is 8.16. The number of nitrogens with zero attached hydrogens (tertiary/aromatic N) is 2. The molecular formula is C17H26N4O2. The Kier molecular flexibility index (Phi) is 6.40. The average Bonchev–Trinajstić information content (AvgIpc) is 2.58. The zero-order valence-electron chi connectivity index (χ0n) is 13.7. The first kappa shape index (κ1) is 17.3. The smallest absolute Gasteiger partial charge is 0.242 e. The quantitative estimate of drug-likeness (QED) is 0.804. The Hall–Kier alpha value is -2.08. The topological polar surface area (TPSA) is 78.7 Å². The van der Waals surface area contributed by atoms with Crippen molar-refractivity contribution in [1.29, 1.82) is 0 Å². The minimum Gasteiger partial charge on any atom is -0.368 e. The van der Waals surface area contributed by atoms with Gasteiger partial charge in [0.2, 0.25) is 11.8 Å². The minimum atomic E-state index is -0.112. The number of carbonyl (C=O) groups excluding carboxylic acids is 2. The SMILES string of the molecule is CC(N)CCC(=O)NCC(=O)N1CCN(c2ccccc2)CC1. The Labute approximate surface area is 137 Å². The molecular weight excluding hydrogens is 292 g/mol. The summed E-state index contributed by atoms with van der Waals surface area (Å²) in [6.45, 7) is 4.93. The van der Waals surface area contributed by atoms with E-state index >= 15 is 0 Å². The van der Waals surface area contributed by atoms with Gasteiger partial charge in [0, 0.05) is 44.3 Å². The van der Waals surface area contributed by atoms with E-state index in [1.807, 2.05) is 30.0 Å². The van der Waals surface area contributed by atoms with Gasteiger partial charge in [-0.2, -0.15) is 0 Å². The predicted octanol–water partition coefficient (Wildman–Crippen LogP) is 0.579. The van der Waals surface area contributed by atoms with Crippen LogP contribution in [0, 0.1) is 0 Å². The molecule has 2 rings (SSSR count). The van der Waals surface area contributed by atoms with Gasteiger partial charge >= 0.3 is 0 Å². The van der Waals surface area contributed by atoms with Crippen LogP contribution in [-0.4, -0.2) is 55.5 Å². The largest absolute Gasteiger partial charge is 0.368 e. The van der Waals surface area contributed by atoms with Crippen molar-refractivity contribution in [2.75, 3.05) is 37.6 Å². The van der Waals surface area contributed by atoms with Crippen LogP contribution in [0.3, 0.4) is 0 Å². The second-order valence-corrected chi connectivity index (χ2v) is 6.00. The number of hydrogen-bond acceptors (Lipinski definition) is 4. The zero-order chi connectivity index (χ0) is 16.7. The van der Waals surface area contributed by atoms with Crippen molar-refractivity contribution in [2.45, 2.75) is 25.8 Å². The molecule has 1 aromatic rings. The lowest BCUT2D eigenvalue weighted by atomic mass is 10.2. The summed E-state index contributed by atoms with van der Waals surface area (Å²) >= 11 is 0. The van der Waals surface area contributed by atoms with E-state index in [1.165, 1.54) is 5.69 Å². The molecule has 1 heterocycles. The van der Waals surface area contributed by atoms with E-state index in [4.69, 9.17) is 5.73 Å². The highest BCUT2D eigenvalue weighted by atomic mass is 16.2. The highest BCUT2D eigenvalue weighted by molar-refractivity contribution is 5.84. The second kappa shape index (κ2) is 8.53. The summed E-state index contributed by atoms with van der Waals surface area (Å²) in [6.07, 6.45) is 1.00. The average molecular weight is 318 g/mol. The fourth-order valence-electron chi connectivity index (χ4n) is 2.59. The summed E-state index contributed by atoms with van der Waals surface area (Å²) < 4.78 is 0. The number of hydrogen-bond donors (Lipinski definition) is 2. The molecule has 1 aromatic carbocycles. The van der Waals surface area contributed by atoms with Gasteiger partial charge in [0.25, 0.3) is 0 Å². The number of anilines is 1. The molecule has 1 aliphatic rings. The van der Waals surface area contributed by atoms with Gasteiger partial charge in [-0.05, 0) is 25.5 Å². The molecule has 6 nitrogen and oxygen atoms in total. The molecule has 23 heavy (non-hydrogen) atoms. The number of amides is 2. The normalized spacial score (nSPS) is 16.1. The van der Waals surface area contributed by atoms with Crippen molar-refractivity contribution in [3.63, 3.8) is 0 Å². The first-order chi connectivity index (χ1) is 11.1. The fourth-order valence-corrected chi connectivity index (χ4v) is 2.59. The summed E-state index contributed by atoms with van der Waals surface area (Å²) in [5.74, 6) is -0.134. The van der Waals surface area contributed by atoms with Crippen LogP contribution in [0.4, 0.5) is 5.69 Å². The molecule has 1 fully saturated rings. The van der Waals surface area contributed by atoms with Gasteiger partial charge in [-0.1, -0.05) is 18.2 Å². The monoisotopic (exact) mass is 318 g/mol. The number of benzene rings is 1. The van der Waals surface area contributed by atoms with E-state index in [-0.39, 0.29) is 24.4 Å². The van der Waals surface area contributed by atoms with Gasteiger partial charge in [0.15, 0.2) is 0 Å². The van der Waals surface area contributed by atoms with Crippen LogP contribution in [0.5, 0.6) is 0 Å². The molecule has 0 bridgehead atoms. The Morgan fingerprint density at radius 3 is 2.43 bits per heavy atom. The maximum Gasteiger partial charge on any atom is 0.242 e. The molecule has 0 radical (unpaired) electrons. The third kappa shape index (κ3) is 5.56. The van der Waals surface area contributed by atoms with Gasteiger partial charge in [0.1, 0.15) is 0 Å². The summed E-state index contributed by atoms with van der Waals surface area (Å²) in [7, 11) is 0. The summed E-state index contributed by atoms with van der Waals surface area (Å²) in [4.78, 5) is 27.9. The number of nitrogens with one attached hydrogen (secondary N) is 1. The lowest BCUT2D eigenvalue weighted by molar-refractivity contribution is -0.133. The molecule has 0 spiro atoms. The predicted molar refractivity (Wildman–Crippen MR) is 91.1 cm³/mol. The van der Waals surface area contributed by atoms with Crippen LogP contribution in [0.15, 0.2) is 30.3 Å². The molecule has 0 aromatic heterocycles. The Balaban J connectivity index is 1.70. The Bertz CT molecular complexity index is 511.